The number of likely N-dealkylation sites (tertiary alicyclic amines) is 1. The van der Waals surface area contributed by atoms with Crippen LogP contribution >= 0.6 is 0 Å². The lowest BCUT2D eigenvalue weighted by Crippen LogP contribution is -2.41. The van der Waals surface area contributed by atoms with Crippen LogP contribution in [0.1, 0.15) is 22.3 Å². The van der Waals surface area contributed by atoms with Crippen LogP contribution in [0, 0.1) is 0 Å². The number of ether oxygens (including phenoxy) is 2. The molecule has 6 nitrogen and oxygen atoms in total. The van der Waals surface area contributed by atoms with Crippen LogP contribution in [-0.2, 0) is 20.9 Å². The number of nitrogens with zero attached hydrogens (tertiary/aromatic N) is 1. The molecule has 0 saturated carbocycles. The number of hydrogen-bond acceptors (Lipinski definition) is 5. The van der Waals surface area contributed by atoms with Crippen LogP contribution in [-0.4, -0.2) is 54.8 Å². The van der Waals surface area contributed by atoms with Crippen LogP contribution in [0.25, 0.3) is 0 Å². The first-order valence-electron chi connectivity index (χ1n) is 6.71. The zero-order valence-electron chi connectivity index (χ0n) is 12.1. The number of rotatable bonds is 4. The van der Waals surface area contributed by atoms with Crippen LogP contribution in [0.3, 0.4) is 0 Å². The third kappa shape index (κ3) is 3.40. The molecule has 1 aromatic rings. The number of β-amino-alcohol motifs (C(OH)–C–C–N with tert-alkyl or cyclic N) is 1. The number of methoxy groups -OCH3 is 2. The summed E-state index contributed by atoms with van der Waals surface area (Å²) >= 11 is 0. The predicted octanol–water partition coefficient (Wildman–Crippen LogP) is 0.581. The Labute approximate surface area is 123 Å². The Kier molecular flexibility index (Phi) is 4.93. The van der Waals surface area contributed by atoms with Gasteiger partial charge in [-0.25, -0.2) is 4.79 Å². The molecule has 6 heteroatoms. The van der Waals surface area contributed by atoms with Crippen molar-refractivity contribution in [3.63, 3.8) is 0 Å². The van der Waals surface area contributed by atoms with Crippen molar-refractivity contribution in [3.8, 4) is 0 Å². The molecule has 1 N–H and O–H groups in total. The molecule has 0 aliphatic carbocycles. The third-order valence-corrected chi connectivity index (χ3v) is 3.50. The summed E-state index contributed by atoms with van der Waals surface area (Å²) < 4.78 is 9.74. The smallest absolute Gasteiger partial charge is 0.328 e. The van der Waals surface area contributed by atoms with E-state index in [0.717, 1.165) is 5.56 Å². The van der Waals surface area contributed by atoms with Crippen LogP contribution < -0.4 is 0 Å². The minimum atomic E-state index is -0.733. The molecular formula is C15H19NO5. The molecule has 1 saturated heterocycles. The van der Waals surface area contributed by atoms with Gasteiger partial charge in [0, 0.05) is 25.6 Å². The average molecular weight is 293 g/mol. The van der Waals surface area contributed by atoms with E-state index in [-0.39, 0.29) is 18.9 Å². The van der Waals surface area contributed by atoms with E-state index < -0.39 is 18.1 Å². The highest BCUT2D eigenvalue weighted by molar-refractivity contribution is 5.97. The molecule has 0 aromatic heterocycles. The van der Waals surface area contributed by atoms with E-state index in [9.17, 15) is 14.7 Å². The van der Waals surface area contributed by atoms with Gasteiger partial charge in [-0.05, 0) is 17.7 Å². The molecule has 2 rings (SSSR count). The molecule has 114 valence electrons. The zero-order chi connectivity index (χ0) is 15.4. The Bertz CT molecular complexity index is 531. The summed E-state index contributed by atoms with van der Waals surface area (Å²) in [5.41, 5.74) is 1.34. The van der Waals surface area contributed by atoms with E-state index >= 15 is 0 Å². The highest BCUT2D eigenvalue weighted by atomic mass is 16.5. The van der Waals surface area contributed by atoms with Gasteiger partial charge in [0.2, 0.25) is 0 Å². The normalized spacial score (nSPS) is 21.4. The summed E-state index contributed by atoms with van der Waals surface area (Å²) in [5.74, 6) is -0.798. The standard InChI is InChI=1S/C15H19NO5/c1-20-9-10-4-3-5-11(6-10)14(18)16-8-12(17)7-13(16)15(19)21-2/h3-6,12-13,17H,7-9H2,1-2H3. The minimum absolute atomic E-state index is 0.132. The summed E-state index contributed by atoms with van der Waals surface area (Å²) in [6, 6.07) is 6.30. The quantitative estimate of drug-likeness (QED) is 0.822. The number of carbonyl (C=O) groups is 2. The third-order valence-electron chi connectivity index (χ3n) is 3.50. The Hall–Kier alpha value is -1.92. The van der Waals surface area contributed by atoms with Gasteiger partial charge in [0.15, 0.2) is 0 Å². The van der Waals surface area contributed by atoms with Crippen molar-refractivity contribution in [2.75, 3.05) is 20.8 Å². The van der Waals surface area contributed by atoms with E-state index in [1.165, 1.54) is 12.0 Å². The van der Waals surface area contributed by atoms with Crippen molar-refractivity contribution in [2.45, 2.75) is 25.2 Å². The Balaban J connectivity index is 2.21. The second kappa shape index (κ2) is 6.69. The van der Waals surface area contributed by atoms with E-state index in [4.69, 9.17) is 9.47 Å². The summed E-state index contributed by atoms with van der Waals surface area (Å²) in [6.45, 7) is 0.539. The minimum Gasteiger partial charge on any atom is -0.467 e. The topological polar surface area (TPSA) is 76.1 Å². The Morgan fingerprint density at radius 3 is 2.81 bits per heavy atom. The van der Waals surface area contributed by atoms with Gasteiger partial charge >= 0.3 is 5.97 Å². The maximum Gasteiger partial charge on any atom is 0.328 e. The van der Waals surface area contributed by atoms with E-state index in [1.54, 1.807) is 25.3 Å². The first-order valence-corrected chi connectivity index (χ1v) is 6.71. The summed E-state index contributed by atoms with van der Waals surface area (Å²) in [6.07, 6.45) is -0.504. The fourth-order valence-electron chi connectivity index (χ4n) is 2.52. The van der Waals surface area contributed by atoms with Crippen LogP contribution in [0.5, 0.6) is 0 Å². The molecule has 2 unspecified atom stereocenters. The van der Waals surface area contributed by atoms with Crippen LogP contribution in [0.15, 0.2) is 24.3 Å². The number of amides is 1. The highest BCUT2D eigenvalue weighted by Gasteiger charge is 2.39. The van der Waals surface area contributed by atoms with Crippen molar-refractivity contribution >= 4 is 11.9 Å². The second-order valence-corrected chi connectivity index (χ2v) is 5.02. The molecule has 1 amide bonds. The molecule has 2 atom stereocenters. The van der Waals surface area contributed by atoms with Crippen molar-refractivity contribution < 1.29 is 24.2 Å². The predicted molar refractivity (Wildman–Crippen MR) is 74.6 cm³/mol. The SMILES string of the molecule is COCc1cccc(C(=O)N2CC(O)CC2C(=O)OC)c1. The molecule has 0 spiro atoms. The number of carbonyl (C=O) groups excluding carboxylic acids is 2. The molecule has 1 aromatic carbocycles. The molecule has 0 radical (unpaired) electrons. The van der Waals surface area contributed by atoms with Crippen molar-refractivity contribution in [1.82, 2.24) is 4.90 Å². The van der Waals surface area contributed by atoms with E-state index in [2.05, 4.69) is 0 Å². The Morgan fingerprint density at radius 1 is 1.38 bits per heavy atom. The first kappa shape index (κ1) is 15.5. The van der Waals surface area contributed by atoms with Gasteiger partial charge in [-0.2, -0.15) is 0 Å². The Morgan fingerprint density at radius 2 is 2.14 bits per heavy atom. The maximum atomic E-state index is 12.5. The first-order chi connectivity index (χ1) is 10.1. The summed E-state index contributed by atoms with van der Waals surface area (Å²) in [5, 5.41) is 9.73. The van der Waals surface area contributed by atoms with Crippen molar-refractivity contribution in [2.24, 2.45) is 0 Å². The van der Waals surface area contributed by atoms with Gasteiger partial charge in [0.25, 0.3) is 5.91 Å². The molecule has 1 aliphatic heterocycles. The molecule has 1 fully saturated rings. The van der Waals surface area contributed by atoms with Gasteiger partial charge in [0.05, 0.1) is 19.8 Å². The fourth-order valence-corrected chi connectivity index (χ4v) is 2.52. The summed E-state index contributed by atoms with van der Waals surface area (Å²) in [7, 11) is 2.85. The van der Waals surface area contributed by atoms with Crippen LogP contribution in [0.4, 0.5) is 0 Å². The number of aliphatic hydroxyl groups excluding tert-OH is 1. The van der Waals surface area contributed by atoms with E-state index in [0.29, 0.717) is 12.2 Å². The zero-order valence-corrected chi connectivity index (χ0v) is 12.1. The fraction of sp³-hybridized carbons (Fsp3) is 0.467. The van der Waals surface area contributed by atoms with Crippen molar-refractivity contribution in [3.05, 3.63) is 35.4 Å². The van der Waals surface area contributed by atoms with E-state index in [1.807, 2.05) is 6.07 Å². The summed E-state index contributed by atoms with van der Waals surface area (Å²) in [4.78, 5) is 25.6. The molecule has 1 heterocycles. The lowest BCUT2D eigenvalue weighted by Gasteiger charge is -2.22. The molecular weight excluding hydrogens is 274 g/mol. The van der Waals surface area contributed by atoms with Crippen molar-refractivity contribution in [1.29, 1.82) is 0 Å². The number of benzene rings is 1. The van der Waals surface area contributed by atoms with Gasteiger partial charge in [-0.15, -0.1) is 0 Å². The largest absolute Gasteiger partial charge is 0.467 e. The number of hydrogen-bond donors (Lipinski definition) is 1. The number of aliphatic hydroxyl groups is 1. The molecule has 1 aliphatic rings. The molecule has 21 heavy (non-hydrogen) atoms. The lowest BCUT2D eigenvalue weighted by atomic mass is 10.1. The maximum absolute atomic E-state index is 12.5. The lowest BCUT2D eigenvalue weighted by molar-refractivity contribution is -0.145. The van der Waals surface area contributed by atoms with Gasteiger partial charge in [-0.1, -0.05) is 12.1 Å². The second-order valence-electron chi connectivity index (χ2n) is 5.02. The van der Waals surface area contributed by atoms with Crippen LogP contribution in [0.2, 0.25) is 0 Å². The van der Waals surface area contributed by atoms with Gasteiger partial charge < -0.3 is 19.5 Å². The molecule has 0 bridgehead atoms. The highest BCUT2D eigenvalue weighted by Crippen LogP contribution is 2.22. The number of esters is 1. The van der Waals surface area contributed by atoms with Gasteiger partial charge in [-0.3, -0.25) is 4.79 Å². The monoisotopic (exact) mass is 293 g/mol. The average Bonchev–Trinajstić information content (AvgIpc) is 2.88. The van der Waals surface area contributed by atoms with Gasteiger partial charge in [0.1, 0.15) is 6.04 Å².